The van der Waals surface area contributed by atoms with Crippen molar-refractivity contribution in [2.45, 2.75) is 26.8 Å². The van der Waals surface area contributed by atoms with Gasteiger partial charge in [-0.1, -0.05) is 0 Å². The molecule has 0 saturated heterocycles. The molecule has 2 aromatic heterocycles. The molecule has 1 atom stereocenters. The summed E-state index contributed by atoms with van der Waals surface area (Å²) in [5.74, 6) is -1.77. The van der Waals surface area contributed by atoms with Gasteiger partial charge in [0.05, 0.1) is 17.3 Å². The largest absolute Gasteiger partial charge is 0.464 e. The first-order valence-electron chi connectivity index (χ1n) is 7.40. The minimum atomic E-state index is -1.31. The number of rotatable bonds is 6. The molecule has 1 unspecified atom stereocenters. The fourth-order valence-electron chi connectivity index (χ4n) is 2.18. The number of aromatic nitrogens is 2. The van der Waals surface area contributed by atoms with Crippen molar-refractivity contribution >= 4 is 29.0 Å². The molecule has 0 spiro atoms. The Morgan fingerprint density at radius 2 is 2.12 bits per heavy atom. The summed E-state index contributed by atoms with van der Waals surface area (Å²) < 4.78 is 6.45. The van der Waals surface area contributed by atoms with E-state index >= 15 is 0 Å². The molecule has 2 rings (SSSR count). The van der Waals surface area contributed by atoms with Crippen molar-refractivity contribution in [3.63, 3.8) is 0 Å². The predicted octanol–water partition coefficient (Wildman–Crippen LogP) is 1.71. The third-order valence-corrected chi connectivity index (χ3v) is 4.13. The highest BCUT2D eigenvalue weighted by Gasteiger charge is 2.28. The Kier molecular flexibility index (Phi) is 5.50. The van der Waals surface area contributed by atoms with Gasteiger partial charge in [0.1, 0.15) is 5.69 Å². The zero-order valence-corrected chi connectivity index (χ0v) is 14.8. The molecule has 0 aromatic carbocycles. The number of carbonyl (C=O) groups is 3. The number of ketones is 1. The summed E-state index contributed by atoms with van der Waals surface area (Å²) in [5, 5.41) is 5.26. The number of amides is 1. The van der Waals surface area contributed by atoms with Crippen LogP contribution in [0, 0.1) is 6.92 Å². The fraction of sp³-hybridized carbons (Fsp3) is 0.375. The maximum absolute atomic E-state index is 12.4. The van der Waals surface area contributed by atoms with Gasteiger partial charge in [0.25, 0.3) is 5.91 Å². The van der Waals surface area contributed by atoms with Gasteiger partial charge in [-0.15, -0.1) is 11.3 Å². The number of hydrogen-bond acceptors (Lipinski definition) is 6. The lowest BCUT2D eigenvalue weighted by Crippen LogP contribution is -2.46. The SMILES string of the molecule is CCOC(=O)C(NC(=O)c1cc(-c2csc(C)n2)cn1C)C(C)=O. The number of aryl methyl sites for hydroxylation is 2. The highest BCUT2D eigenvalue weighted by Crippen LogP contribution is 2.23. The molecule has 2 heterocycles. The minimum absolute atomic E-state index is 0.135. The van der Waals surface area contributed by atoms with Crippen molar-refractivity contribution in [1.82, 2.24) is 14.9 Å². The summed E-state index contributed by atoms with van der Waals surface area (Å²) in [5.41, 5.74) is 1.90. The molecule has 0 aliphatic heterocycles. The second kappa shape index (κ2) is 7.39. The second-order valence-corrected chi connectivity index (χ2v) is 6.31. The quantitative estimate of drug-likeness (QED) is 0.633. The Hall–Kier alpha value is -2.48. The molecule has 2 aromatic rings. The van der Waals surface area contributed by atoms with Crippen LogP contribution in [-0.4, -0.2) is 39.9 Å². The van der Waals surface area contributed by atoms with Crippen molar-refractivity contribution in [3.05, 3.63) is 28.3 Å². The molecular weight excluding hydrogens is 330 g/mol. The summed E-state index contributed by atoms with van der Waals surface area (Å²) in [7, 11) is 1.71. The van der Waals surface area contributed by atoms with E-state index in [-0.39, 0.29) is 6.61 Å². The van der Waals surface area contributed by atoms with E-state index in [0.717, 1.165) is 16.3 Å². The van der Waals surface area contributed by atoms with Gasteiger partial charge in [-0.05, 0) is 26.8 Å². The first kappa shape index (κ1) is 17.9. The van der Waals surface area contributed by atoms with Crippen molar-refractivity contribution in [2.24, 2.45) is 7.05 Å². The van der Waals surface area contributed by atoms with E-state index in [4.69, 9.17) is 4.74 Å². The minimum Gasteiger partial charge on any atom is -0.464 e. The first-order chi connectivity index (χ1) is 11.3. The molecule has 0 aliphatic rings. The fourth-order valence-corrected chi connectivity index (χ4v) is 2.81. The number of Topliss-reactive ketones (excluding diaryl/α,β-unsaturated/α-hetero) is 1. The van der Waals surface area contributed by atoms with Gasteiger partial charge in [-0.2, -0.15) is 0 Å². The molecule has 0 bridgehead atoms. The molecule has 1 amide bonds. The molecule has 0 aliphatic carbocycles. The predicted molar refractivity (Wildman–Crippen MR) is 89.8 cm³/mol. The normalized spacial score (nSPS) is 11.8. The number of nitrogens with one attached hydrogen (secondary N) is 1. The number of ether oxygens (including phenoxy) is 1. The Morgan fingerprint density at radius 3 is 2.67 bits per heavy atom. The van der Waals surface area contributed by atoms with Crippen LogP contribution >= 0.6 is 11.3 Å². The summed E-state index contributed by atoms with van der Waals surface area (Å²) in [6.45, 7) is 4.91. The van der Waals surface area contributed by atoms with Crippen LogP contribution in [0.15, 0.2) is 17.6 Å². The molecule has 1 N–H and O–H groups in total. The van der Waals surface area contributed by atoms with Gasteiger partial charge in [0, 0.05) is 24.2 Å². The Labute approximate surface area is 143 Å². The van der Waals surface area contributed by atoms with Crippen molar-refractivity contribution in [1.29, 1.82) is 0 Å². The van der Waals surface area contributed by atoms with Crippen LogP contribution in [0.5, 0.6) is 0 Å². The van der Waals surface area contributed by atoms with E-state index < -0.39 is 23.7 Å². The smallest absolute Gasteiger partial charge is 0.336 e. The van der Waals surface area contributed by atoms with E-state index in [1.54, 1.807) is 30.8 Å². The average molecular weight is 349 g/mol. The lowest BCUT2D eigenvalue weighted by Gasteiger charge is -2.14. The van der Waals surface area contributed by atoms with Crippen LogP contribution in [-0.2, 0) is 21.4 Å². The van der Waals surface area contributed by atoms with Gasteiger partial charge >= 0.3 is 5.97 Å². The first-order valence-corrected chi connectivity index (χ1v) is 8.28. The summed E-state index contributed by atoms with van der Waals surface area (Å²) in [4.78, 5) is 40.2. The van der Waals surface area contributed by atoms with Crippen LogP contribution in [0.3, 0.4) is 0 Å². The van der Waals surface area contributed by atoms with E-state index in [2.05, 4.69) is 10.3 Å². The lowest BCUT2D eigenvalue weighted by molar-refractivity contribution is -0.148. The van der Waals surface area contributed by atoms with Gasteiger partial charge in [0.15, 0.2) is 11.8 Å². The van der Waals surface area contributed by atoms with Gasteiger partial charge in [-0.25, -0.2) is 9.78 Å². The number of carbonyl (C=O) groups excluding carboxylic acids is 3. The van der Waals surface area contributed by atoms with Gasteiger partial charge < -0.3 is 14.6 Å². The highest BCUT2D eigenvalue weighted by atomic mass is 32.1. The van der Waals surface area contributed by atoms with Gasteiger partial charge in [-0.3, -0.25) is 9.59 Å². The maximum atomic E-state index is 12.4. The highest BCUT2D eigenvalue weighted by molar-refractivity contribution is 7.09. The Bertz CT molecular complexity index is 778. The van der Waals surface area contributed by atoms with Crippen LogP contribution in [0.2, 0.25) is 0 Å². The monoisotopic (exact) mass is 349 g/mol. The summed E-state index contributed by atoms with van der Waals surface area (Å²) in [6, 6.07) is 0.365. The number of esters is 1. The molecule has 128 valence electrons. The number of nitrogens with zero attached hydrogens (tertiary/aromatic N) is 2. The van der Waals surface area contributed by atoms with E-state index in [1.807, 2.05) is 12.3 Å². The number of thiazole rings is 1. The zero-order valence-electron chi connectivity index (χ0n) is 14.0. The second-order valence-electron chi connectivity index (χ2n) is 5.25. The van der Waals surface area contributed by atoms with Crippen LogP contribution in [0.1, 0.15) is 29.3 Å². The average Bonchev–Trinajstić information content (AvgIpc) is 3.10. The topological polar surface area (TPSA) is 90.3 Å². The van der Waals surface area contributed by atoms with Crippen molar-refractivity contribution in [3.8, 4) is 11.3 Å². The molecule has 7 nitrogen and oxygen atoms in total. The van der Waals surface area contributed by atoms with Crippen LogP contribution in [0.4, 0.5) is 0 Å². The summed E-state index contributed by atoms with van der Waals surface area (Å²) in [6.07, 6.45) is 1.77. The van der Waals surface area contributed by atoms with Crippen molar-refractivity contribution in [2.75, 3.05) is 6.61 Å². The molecular formula is C16H19N3O4S. The Balaban J connectivity index is 2.21. The standard InChI is InChI=1S/C16H19N3O4S/c1-5-23-16(22)14(9(2)20)18-15(21)13-6-11(7-19(13)4)12-8-24-10(3)17-12/h6-8,14H,5H2,1-4H3,(H,18,21). The van der Waals surface area contributed by atoms with E-state index in [0.29, 0.717) is 5.69 Å². The van der Waals surface area contributed by atoms with E-state index in [9.17, 15) is 14.4 Å². The Morgan fingerprint density at radius 1 is 1.42 bits per heavy atom. The zero-order chi connectivity index (χ0) is 17.9. The molecule has 0 saturated carbocycles. The maximum Gasteiger partial charge on any atom is 0.336 e. The van der Waals surface area contributed by atoms with Crippen LogP contribution in [0.25, 0.3) is 11.3 Å². The lowest BCUT2D eigenvalue weighted by atomic mass is 10.2. The molecule has 8 heteroatoms. The van der Waals surface area contributed by atoms with Crippen molar-refractivity contribution < 1.29 is 19.1 Å². The molecule has 0 fully saturated rings. The van der Waals surface area contributed by atoms with E-state index in [1.165, 1.54) is 18.3 Å². The number of hydrogen-bond donors (Lipinski definition) is 1. The third kappa shape index (κ3) is 3.88. The van der Waals surface area contributed by atoms with Crippen LogP contribution < -0.4 is 5.32 Å². The summed E-state index contributed by atoms with van der Waals surface area (Å²) >= 11 is 1.52. The third-order valence-electron chi connectivity index (χ3n) is 3.36. The molecule has 24 heavy (non-hydrogen) atoms. The molecule has 0 radical (unpaired) electrons. The van der Waals surface area contributed by atoms with Gasteiger partial charge in [0.2, 0.25) is 0 Å².